The van der Waals surface area contributed by atoms with Crippen LogP contribution in [0.5, 0.6) is 5.75 Å². The van der Waals surface area contributed by atoms with Crippen LogP contribution in [0.25, 0.3) is 0 Å². The molecule has 2 aromatic rings. The van der Waals surface area contributed by atoms with Crippen LogP contribution >= 0.6 is 22.6 Å². The molecular formula is C19H18INO5. The first-order valence-electron chi connectivity index (χ1n) is 7.79. The molecule has 0 saturated carbocycles. The van der Waals surface area contributed by atoms with Crippen molar-refractivity contribution in [2.75, 3.05) is 5.32 Å². The molecule has 0 aromatic heterocycles. The van der Waals surface area contributed by atoms with Gasteiger partial charge in [0.1, 0.15) is 11.9 Å². The maximum Gasteiger partial charge on any atom is 0.412 e. The number of hydrogen-bond donors (Lipinski definition) is 3. The van der Waals surface area contributed by atoms with Gasteiger partial charge in [-0.15, -0.1) is 0 Å². The fourth-order valence-corrected chi connectivity index (χ4v) is 2.84. The number of ether oxygens (including phenoxy) is 1. The third-order valence-electron chi connectivity index (χ3n) is 3.57. The molecule has 0 bridgehead atoms. The Kier molecular flexibility index (Phi) is 7.02. The highest BCUT2D eigenvalue weighted by atomic mass is 127. The fourth-order valence-electron chi connectivity index (χ4n) is 2.33. The molecule has 0 spiro atoms. The van der Waals surface area contributed by atoms with Crippen LogP contribution in [0.3, 0.4) is 0 Å². The minimum absolute atomic E-state index is 0.0292. The summed E-state index contributed by atoms with van der Waals surface area (Å²) >= 11 is 2.08. The number of hydrogen-bond acceptors (Lipinski definition) is 4. The summed E-state index contributed by atoms with van der Waals surface area (Å²) in [5.74, 6) is -1.61. The van der Waals surface area contributed by atoms with Gasteiger partial charge in [-0.1, -0.05) is 31.2 Å². The van der Waals surface area contributed by atoms with Crippen molar-refractivity contribution in [3.63, 3.8) is 0 Å². The van der Waals surface area contributed by atoms with E-state index in [1.807, 2.05) is 6.07 Å². The summed E-state index contributed by atoms with van der Waals surface area (Å²) in [7, 11) is 0. The molecule has 2 atom stereocenters. The molecule has 0 aliphatic rings. The first-order valence-corrected chi connectivity index (χ1v) is 8.87. The minimum atomic E-state index is -1.10. The molecule has 7 heteroatoms. The van der Waals surface area contributed by atoms with Gasteiger partial charge in [-0.05, 0) is 52.9 Å². The molecule has 0 saturated heterocycles. The highest BCUT2D eigenvalue weighted by molar-refractivity contribution is 14.1. The number of benzene rings is 2. The quantitative estimate of drug-likeness (QED) is 0.428. The van der Waals surface area contributed by atoms with Crippen molar-refractivity contribution in [3.05, 3.63) is 69.8 Å². The third-order valence-corrected chi connectivity index (χ3v) is 4.24. The molecule has 0 unspecified atom stereocenters. The Balaban J connectivity index is 2.26. The van der Waals surface area contributed by atoms with Crippen molar-refractivity contribution in [2.24, 2.45) is 5.92 Å². The van der Waals surface area contributed by atoms with Crippen LogP contribution < -0.4 is 5.32 Å². The van der Waals surface area contributed by atoms with Crippen molar-refractivity contribution in [1.82, 2.24) is 0 Å². The monoisotopic (exact) mass is 467 g/mol. The lowest BCUT2D eigenvalue weighted by Crippen LogP contribution is -2.21. The second-order valence-electron chi connectivity index (χ2n) is 5.58. The number of carbonyl (C=O) groups is 2. The topological polar surface area (TPSA) is 95.9 Å². The van der Waals surface area contributed by atoms with Gasteiger partial charge in [0.25, 0.3) is 0 Å². The molecule has 0 aliphatic heterocycles. The molecule has 26 heavy (non-hydrogen) atoms. The number of aliphatic carboxylic acids is 1. The van der Waals surface area contributed by atoms with Gasteiger partial charge in [0.15, 0.2) is 0 Å². The Morgan fingerprint density at radius 1 is 1.19 bits per heavy atom. The number of phenols is 1. The number of halogens is 1. The van der Waals surface area contributed by atoms with E-state index >= 15 is 0 Å². The molecule has 2 aromatic carbocycles. The number of amides is 1. The van der Waals surface area contributed by atoms with Gasteiger partial charge in [0.05, 0.1) is 0 Å². The number of aromatic hydroxyl groups is 1. The van der Waals surface area contributed by atoms with E-state index < -0.39 is 24.1 Å². The van der Waals surface area contributed by atoms with Gasteiger partial charge < -0.3 is 14.9 Å². The van der Waals surface area contributed by atoms with Crippen LogP contribution in [0.1, 0.15) is 18.6 Å². The predicted octanol–water partition coefficient (Wildman–Crippen LogP) is 4.56. The maximum absolute atomic E-state index is 12.3. The van der Waals surface area contributed by atoms with E-state index in [0.717, 1.165) is 9.65 Å². The van der Waals surface area contributed by atoms with Crippen molar-refractivity contribution in [3.8, 4) is 5.75 Å². The number of carboxylic acid groups (broad SMARTS) is 1. The van der Waals surface area contributed by atoms with Crippen LogP contribution in [-0.4, -0.2) is 22.3 Å². The third kappa shape index (κ3) is 5.76. The number of carboxylic acids is 1. The Morgan fingerprint density at radius 3 is 2.54 bits per heavy atom. The van der Waals surface area contributed by atoms with Gasteiger partial charge in [0.2, 0.25) is 0 Å². The lowest BCUT2D eigenvalue weighted by molar-refractivity contribution is -0.131. The predicted molar refractivity (Wildman–Crippen MR) is 106 cm³/mol. The smallest absolute Gasteiger partial charge is 0.412 e. The van der Waals surface area contributed by atoms with E-state index in [-0.39, 0.29) is 5.75 Å². The number of rotatable bonds is 6. The average molecular weight is 467 g/mol. The summed E-state index contributed by atoms with van der Waals surface area (Å²) < 4.78 is 6.36. The number of para-hydroxylation sites is 1. The summed E-state index contributed by atoms with van der Waals surface area (Å²) in [5.41, 5.74) is 0.972. The van der Waals surface area contributed by atoms with E-state index in [4.69, 9.17) is 9.84 Å². The molecule has 6 nitrogen and oxygen atoms in total. The normalized spacial score (nSPS) is 13.2. The highest BCUT2D eigenvalue weighted by Crippen LogP contribution is 2.34. The number of nitrogens with one attached hydrogen (secondary N) is 1. The van der Waals surface area contributed by atoms with Crippen molar-refractivity contribution < 1.29 is 24.5 Å². The van der Waals surface area contributed by atoms with Gasteiger partial charge in [-0.3, -0.25) is 5.32 Å². The van der Waals surface area contributed by atoms with Crippen LogP contribution in [0.4, 0.5) is 10.5 Å². The molecule has 0 radical (unpaired) electrons. The molecule has 1 amide bonds. The van der Waals surface area contributed by atoms with E-state index in [1.165, 1.54) is 12.1 Å². The summed E-state index contributed by atoms with van der Waals surface area (Å²) in [6, 6.07) is 13.7. The summed E-state index contributed by atoms with van der Waals surface area (Å²) in [6.07, 6.45) is 0.850. The zero-order valence-electron chi connectivity index (χ0n) is 13.9. The van der Waals surface area contributed by atoms with Crippen molar-refractivity contribution >= 4 is 40.3 Å². The van der Waals surface area contributed by atoms with Crippen LogP contribution in [0.15, 0.2) is 60.7 Å². The van der Waals surface area contributed by atoms with Crippen molar-refractivity contribution in [1.29, 1.82) is 0 Å². The number of carbonyl (C=O) groups excluding carboxylic acids is 1. The summed E-state index contributed by atoms with van der Waals surface area (Å²) in [4.78, 5) is 23.1. The Bertz CT molecular complexity index is 807. The van der Waals surface area contributed by atoms with E-state index in [0.29, 0.717) is 11.3 Å². The fraction of sp³-hybridized carbons (Fsp3) is 0.158. The maximum atomic E-state index is 12.3. The molecule has 3 N–H and O–H groups in total. The van der Waals surface area contributed by atoms with Crippen molar-refractivity contribution in [2.45, 2.75) is 13.0 Å². The summed E-state index contributed by atoms with van der Waals surface area (Å²) in [5, 5.41) is 21.6. The second-order valence-corrected chi connectivity index (χ2v) is 6.82. The molecule has 0 fully saturated rings. The van der Waals surface area contributed by atoms with Gasteiger partial charge >= 0.3 is 12.1 Å². The number of anilines is 1. The molecule has 136 valence electrons. The zero-order chi connectivity index (χ0) is 19.1. The summed E-state index contributed by atoms with van der Waals surface area (Å²) in [6.45, 7) is 1.71. The number of phenolic OH excluding ortho intramolecular Hbond substituents is 1. The average Bonchev–Trinajstić information content (AvgIpc) is 2.60. The first kappa shape index (κ1) is 19.8. The lowest BCUT2D eigenvalue weighted by atomic mass is 9.96. The Labute approximate surface area is 164 Å². The van der Waals surface area contributed by atoms with Gasteiger partial charge in [-0.25, -0.2) is 9.59 Å². The van der Waals surface area contributed by atoms with Crippen LogP contribution in [0.2, 0.25) is 0 Å². The molecule has 0 heterocycles. The Hall–Kier alpha value is -2.55. The molecular weight excluding hydrogens is 449 g/mol. The van der Waals surface area contributed by atoms with Crippen LogP contribution in [-0.2, 0) is 9.53 Å². The Morgan fingerprint density at radius 2 is 1.88 bits per heavy atom. The molecule has 2 rings (SSSR count). The first-order chi connectivity index (χ1) is 12.4. The van der Waals surface area contributed by atoms with E-state index in [9.17, 15) is 14.7 Å². The minimum Gasteiger partial charge on any atom is -0.508 e. The molecule has 0 aliphatic carbocycles. The van der Waals surface area contributed by atoms with Gasteiger partial charge in [-0.2, -0.15) is 0 Å². The lowest BCUT2D eigenvalue weighted by Gasteiger charge is -2.23. The van der Waals surface area contributed by atoms with Gasteiger partial charge in [0, 0.05) is 26.8 Å². The van der Waals surface area contributed by atoms with E-state index in [2.05, 4.69) is 27.9 Å². The highest BCUT2D eigenvalue weighted by Gasteiger charge is 2.25. The zero-order valence-corrected chi connectivity index (χ0v) is 16.1. The SMILES string of the molecule is C[C@@H](/C=C/C(=O)O)[C@@H](OC(=O)Nc1ccccc1)c1cc(I)ccc1O. The van der Waals surface area contributed by atoms with E-state index in [1.54, 1.807) is 43.3 Å². The largest absolute Gasteiger partial charge is 0.508 e. The second kappa shape index (κ2) is 9.23. The standard InChI is InChI=1S/C19H18INO5/c1-12(7-10-17(23)24)18(15-11-13(20)8-9-16(15)22)26-19(25)21-14-5-3-2-4-6-14/h2-12,18,22H,1H3,(H,21,25)(H,23,24)/b10-7+/t12-,18+/m0/s1. The van der Waals surface area contributed by atoms with Crippen LogP contribution in [0, 0.1) is 9.49 Å².